The van der Waals surface area contributed by atoms with Crippen LogP contribution in [-0.2, 0) is 20.6 Å². The Kier molecular flexibility index (Phi) is 7.82. The molecule has 2 aliphatic heterocycles. The Bertz CT molecular complexity index is 654. The molecule has 0 radical (unpaired) electrons. The maximum atomic E-state index is 14.4. The van der Waals surface area contributed by atoms with Crippen LogP contribution < -0.4 is 4.74 Å². The first-order chi connectivity index (χ1) is 14.0. The second kappa shape index (κ2) is 10.1. The lowest BCUT2D eigenvalue weighted by Crippen LogP contribution is -2.48. The third-order valence-electron chi connectivity index (χ3n) is 5.66. The average Bonchev–Trinajstić information content (AvgIpc) is 2.72. The molecule has 0 amide bonds. The molecule has 2 heterocycles. The van der Waals surface area contributed by atoms with Gasteiger partial charge in [0.2, 0.25) is 5.82 Å². The van der Waals surface area contributed by atoms with Gasteiger partial charge in [0.1, 0.15) is 0 Å². The van der Waals surface area contributed by atoms with E-state index < -0.39 is 23.6 Å². The van der Waals surface area contributed by atoms with E-state index in [4.69, 9.17) is 18.9 Å². The van der Waals surface area contributed by atoms with Crippen LogP contribution in [-0.4, -0.2) is 44.5 Å². The molecule has 2 unspecified atom stereocenters. The maximum Gasteiger partial charge on any atom is 0.200 e. The van der Waals surface area contributed by atoms with Crippen LogP contribution in [0.15, 0.2) is 12.1 Å². The van der Waals surface area contributed by atoms with E-state index in [9.17, 15) is 13.2 Å². The molecule has 1 aromatic rings. The van der Waals surface area contributed by atoms with E-state index >= 15 is 0 Å². The number of benzene rings is 1. The number of hydrogen-bond acceptors (Lipinski definition) is 4. The van der Waals surface area contributed by atoms with Crippen LogP contribution in [0.4, 0.5) is 13.2 Å². The lowest BCUT2D eigenvalue weighted by molar-refractivity contribution is -0.266. The summed E-state index contributed by atoms with van der Waals surface area (Å²) in [5, 5.41) is 0. The van der Waals surface area contributed by atoms with Crippen molar-refractivity contribution in [2.45, 2.75) is 70.4 Å². The third-order valence-corrected chi connectivity index (χ3v) is 5.66. The summed E-state index contributed by atoms with van der Waals surface area (Å²) in [5.74, 6) is -1.78. The first kappa shape index (κ1) is 22.4. The van der Waals surface area contributed by atoms with Gasteiger partial charge in [-0.1, -0.05) is 19.4 Å². The molecule has 0 aromatic heterocycles. The largest absolute Gasteiger partial charge is 0.491 e. The molecule has 2 saturated heterocycles. The van der Waals surface area contributed by atoms with Gasteiger partial charge in [-0.2, -0.15) is 4.39 Å². The highest BCUT2D eigenvalue weighted by molar-refractivity contribution is 5.31. The fourth-order valence-electron chi connectivity index (χ4n) is 4.03. The summed E-state index contributed by atoms with van der Waals surface area (Å²) in [5.41, 5.74) is -1.06. The number of rotatable bonds is 8. The highest BCUT2D eigenvalue weighted by Crippen LogP contribution is 2.32. The predicted molar refractivity (Wildman–Crippen MR) is 103 cm³/mol. The summed E-state index contributed by atoms with van der Waals surface area (Å²) in [6.45, 7) is 4.54. The summed E-state index contributed by atoms with van der Waals surface area (Å²) in [6.07, 6.45) is 3.34. The Morgan fingerprint density at radius 3 is 2.45 bits per heavy atom. The molecule has 0 saturated carbocycles. The molecule has 2 aliphatic rings. The molecule has 4 nitrogen and oxygen atoms in total. The molecule has 164 valence electrons. The van der Waals surface area contributed by atoms with Crippen LogP contribution in [0.3, 0.4) is 0 Å². The molecule has 3 rings (SSSR count). The summed E-state index contributed by atoms with van der Waals surface area (Å²) in [7, 11) is 0. The molecule has 0 spiro atoms. The standard InChI is InChI=1S/C22H31F3O4/c1-3-11-22(25)13-28-21(29-14-22)16-6-9-17(27-12-16)8-5-15-7-10-18(26-4-2)20(24)19(15)23/h7,10,16-17,21H,3-6,8-9,11-14H2,1-2H3. The van der Waals surface area contributed by atoms with Gasteiger partial charge in [0.15, 0.2) is 23.5 Å². The highest BCUT2D eigenvalue weighted by Gasteiger charge is 2.40. The third kappa shape index (κ3) is 5.64. The number of hydrogen-bond donors (Lipinski definition) is 0. The van der Waals surface area contributed by atoms with Crippen molar-refractivity contribution < 1.29 is 32.1 Å². The lowest BCUT2D eigenvalue weighted by atomic mass is 9.93. The van der Waals surface area contributed by atoms with Crippen LogP contribution >= 0.6 is 0 Å². The average molecular weight is 416 g/mol. The van der Waals surface area contributed by atoms with E-state index in [-0.39, 0.29) is 37.6 Å². The van der Waals surface area contributed by atoms with E-state index in [0.29, 0.717) is 31.4 Å². The van der Waals surface area contributed by atoms with Crippen molar-refractivity contribution in [3.05, 3.63) is 29.3 Å². The van der Waals surface area contributed by atoms with E-state index in [1.54, 1.807) is 13.0 Å². The number of alkyl halides is 1. The molecular formula is C22H31F3O4. The highest BCUT2D eigenvalue weighted by atomic mass is 19.2. The molecule has 7 heteroatoms. The first-order valence-corrected chi connectivity index (χ1v) is 10.6. The minimum Gasteiger partial charge on any atom is -0.491 e. The van der Waals surface area contributed by atoms with Crippen molar-refractivity contribution in [1.82, 2.24) is 0 Å². The Balaban J connectivity index is 1.43. The summed E-state index contributed by atoms with van der Waals surface area (Å²) in [6, 6.07) is 3.04. The predicted octanol–water partition coefficient (Wildman–Crippen LogP) is 4.97. The van der Waals surface area contributed by atoms with Crippen LogP contribution in [0.1, 0.15) is 51.5 Å². The van der Waals surface area contributed by atoms with Gasteiger partial charge in [0.05, 0.1) is 32.5 Å². The van der Waals surface area contributed by atoms with Gasteiger partial charge in [-0.25, -0.2) is 8.78 Å². The molecule has 1 aromatic carbocycles. The Morgan fingerprint density at radius 1 is 1.07 bits per heavy atom. The van der Waals surface area contributed by atoms with Crippen molar-refractivity contribution >= 4 is 0 Å². The van der Waals surface area contributed by atoms with Crippen molar-refractivity contribution in [3.63, 3.8) is 0 Å². The fourth-order valence-corrected chi connectivity index (χ4v) is 4.03. The van der Waals surface area contributed by atoms with E-state index in [2.05, 4.69) is 0 Å². The molecule has 0 bridgehead atoms. The van der Waals surface area contributed by atoms with Gasteiger partial charge in [-0.15, -0.1) is 0 Å². The van der Waals surface area contributed by atoms with E-state index in [1.165, 1.54) is 6.07 Å². The molecule has 0 N–H and O–H groups in total. The van der Waals surface area contributed by atoms with Crippen molar-refractivity contribution in [2.75, 3.05) is 26.4 Å². The van der Waals surface area contributed by atoms with Crippen molar-refractivity contribution in [3.8, 4) is 5.75 Å². The van der Waals surface area contributed by atoms with Gasteiger partial charge < -0.3 is 18.9 Å². The quantitative estimate of drug-likeness (QED) is 0.599. The molecule has 0 aliphatic carbocycles. The number of halogens is 3. The topological polar surface area (TPSA) is 36.9 Å². The monoisotopic (exact) mass is 416 g/mol. The number of ether oxygens (including phenoxy) is 4. The molecule has 2 atom stereocenters. The smallest absolute Gasteiger partial charge is 0.200 e. The van der Waals surface area contributed by atoms with Crippen LogP contribution in [0.25, 0.3) is 0 Å². The summed E-state index contributed by atoms with van der Waals surface area (Å²) in [4.78, 5) is 0. The zero-order chi connectivity index (χ0) is 20.9. The van der Waals surface area contributed by atoms with Crippen molar-refractivity contribution in [2.24, 2.45) is 5.92 Å². The minimum atomic E-state index is -1.39. The van der Waals surface area contributed by atoms with Crippen molar-refractivity contribution in [1.29, 1.82) is 0 Å². The van der Waals surface area contributed by atoms with Crippen LogP contribution in [0.5, 0.6) is 5.75 Å². The first-order valence-electron chi connectivity index (χ1n) is 10.6. The zero-order valence-electron chi connectivity index (χ0n) is 17.2. The summed E-state index contributed by atoms with van der Waals surface area (Å²) >= 11 is 0. The summed E-state index contributed by atoms with van der Waals surface area (Å²) < 4.78 is 64.8. The van der Waals surface area contributed by atoms with E-state index in [1.807, 2.05) is 6.92 Å². The Morgan fingerprint density at radius 2 is 1.83 bits per heavy atom. The molecule has 29 heavy (non-hydrogen) atoms. The minimum absolute atomic E-state index is 0.0239. The van der Waals surface area contributed by atoms with E-state index in [0.717, 1.165) is 19.3 Å². The van der Waals surface area contributed by atoms with Gasteiger partial charge in [-0.3, -0.25) is 0 Å². The molecule has 2 fully saturated rings. The zero-order valence-corrected chi connectivity index (χ0v) is 17.2. The van der Waals surface area contributed by atoms with Crippen LogP contribution in [0, 0.1) is 17.6 Å². The Hall–Kier alpha value is -1.31. The SMILES string of the molecule is CCCC1(F)COC(C2CCC(CCc3ccc(OCC)c(F)c3F)OC2)OC1. The second-order valence-electron chi connectivity index (χ2n) is 8.01. The van der Waals surface area contributed by atoms with Gasteiger partial charge in [-0.05, 0) is 50.7 Å². The Labute approximate surface area is 170 Å². The normalized spacial score (nSPS) is 30.3. The van der Waals surface area contributed by atoms with Crippen LogP contribution in [0.2, 0.25) is 0 Å². The lowest BCUT2D eigenvalue weighted by Gasteiger charge is -2.39. The van der Waals surface area contributed by atoms with Gasteiger partial charge in [0.25, 0.3) is 0 Å². The van der Waals surface area contributed by atoms with Gasteiger partial charge in [0, 0.05) is 5.92 Å². The maximum absolute atomic E-state index is 14.4. The van der Waals surface area contributed by atoms with Gasteiger partial charge >= 0.3 is 0 Å². The second-order valence-corrected chi connectivity index (χ2v) is 8.01. The fraction of sp³-hybridized carbons (Fsp3) is 0.727. The number of aryl methyl sites for hydroxylation is 1. The molecular weight excluding hydrogens is 385 g/mol.